The Kier molecular flexibility index (Phi) is 2.06. The van der Waals surface area contributed by atoms with Gasteiger partial charge in [0.25, 0.3) is 0 Å². The molecule has 0 heterocycles. The molecule has 0 aromatic rings. The van der Waals surface area contributed by atoms with Crippen molar-refractivity contribution in [3.05, 3.63) is 0 Å². The monoisotopic (exact) mass is 156 g/mol. The highest BCUT2D eigenvalue weighted by Crippen LogP contribution is 2.39. The van der Waals surface area contributed by atoms with Crippen molar-refractivity contribution in [3.63, 3.8) is 0 Å². The lowest BCUT2D eigenvalue weighted by molar-refractivity contribution is -0.123. The fourth-order valence-electron chi connectivity index (χ4n) is 1.91. The number of carbonyl (C=O) groups excluding carboxylic acids is 1. The second kappa shape index (κ2) is 2.59. The maximum Gasteiger partial charge on any atom is 0.133 e. The molecular formula is C9H16O2. The lowest BCUT2D eigenvalue weighted by Gasteiger charge is -2.24. The molecule has 1 fully saturated rings. The van der Waals surface area contributed by atoms with Gasteiger partial charge in [-0.1, -0.05) is 6.92 Å². The topological polar surface area (TPSA) is 37.3 Å². The van der Waals surface area contributed by atoms with Crippen molar-refractivity contribution < 1.29 is 9.90 Å². The summed E-state index contributed by atoms with van der Waals surface area (Å²) in [6.45, 7) is 5.39. The first kappa shape index (κ1) is 8.72. The zero-order valence-corrected chi connectivity index (χ0v) is 7.42. The van der Waals surface area contributed by atoms with Gasteiger partial charge in [-0.05, 0) is 32.6 Å². The summed E-state index contributed by atoms with van der Waals surface area (Å²) in [5.74, 6) is 0.431. The quantitative estimate of drug-likeness (QED) is 0.622. The second-order valence-corrected chi connectivity index (χ2v) is 3.90. The molecule has 1 N–H and O–H groups in total. The maximum atomic E-state index is 11.0. The van der Waals surface area contributed by atoms with E-state index in [0.717, 1.165) is 12.8 Å². The zero-order valence-electron chi connectivity index (χ0n) is 7.42. The SMILES string of the molecule is CC(=O)[C@@H]1CC[C@@](C)(O)[C@H]1C. The molecule has 1 rings (SSSR count). The Labute approximate surface area is 67.6 Å². The Morgan fingerprint density at radius 1 is 1.64 bits per heavy atom. The summed E-state index contributed by atoms with van der Waals surface area (Å²) in [6, 6.07) is 0. The van der Waals surface area contributed by atoms with E-state index in [1.165, 1.54) is 0 Å². The van der Waals surface area contributed by atoms with Gasteiger partial charge in [-0.2, -0.15) is 0 Å². The van der Waals surface area contributed by atoms with Gasteiger partial charge >= 0.3 is 0 Å². The Morgan fingerprint density at radius 2 is 2.18 bits per heavy atom. The van der Waals surface area contributed by atoms with E-state index >= 15 is 0 Å². The van der Waals surface area contributed by atoms with Gasteiger partial charge in [0.1, 0.15) is 5.78 Å². The number of Topliss-reactive ketones (excluding diaryl/α,β-unsaturated/α-hetero) is 1. The van der Waals surface area contributed by atoms with Gasteiger partial charge in [0.2, 0.25) is 0 Å². The molecule has 0 aromatic heterocycles. The van der Waals surface area contributed by atoms with Gasteiger partial charge < -0.3 is 5.11 Å². The van der Waals surface area contributed by atoms with Gasteiger partial charge in [0.15, 0.2) is 0 Å². The predicted molar refractivity (Wildman–Crippen MR) is 43.2 cm³/mol. The third-order valence-corrected chi connectivity index (χ3v) is 3.07. The molecule has 1 aliphatic carbocycles. The maximum absolute atomic E-state index is 11.0. The molecule has 0 spiro atoms. The largest absolute Gasteiger partial charge is 0.390 e. The molecule has 0 radical (unpaired) electrons. The Balaban J connectivity index is 2.71. The predicted octanol–water partition coefficient (Wildman–Crippen LogP) is 1.37. The molecule has 2 heteroatoms. The van der Waals surface area contributed by atoms with Crippen LogP contribution < -0.4 is 0 Å². The summed E-state index contributed by atoms with van der Waals surface area (Å²) < 4.78 is 0. The first-order valence-corrected chi connectivity index (χ1v) is 4.18. The molecule has 0 unspecified atom stereocenters. The molecule has 1 aliphatic rings. The molecule has 0 aromatic carbocycles. The van der Waals surface area contributed by atoms with Crippen LogP contribution in [0.5, 0.6) is 0 Å². The number of hydrogen-bond acceptors (Lipinski definition) is 2. The molecule has 0 bridgehead atoms. The fraction of sp³-hybridized carbons (Fsp3) is 0.889. The van der Waals surface area contributed by atoms with Crippen molar-refractivity contribution in [1.82, 2.24) is 0 Å². The third-order valence-electron chi connectivity index (χ3n) is 3.07. The number of aliphatic hydroxyl groups is 1. The van der Waals surface area contributed by atoms with E-state index in [9.17, 15) is 9.90 Å². The van der Waals surface area contributed by atoms with Crippen molar-refractivity contribution >= 4 is 5.78 Å². The van der Waals surface area contributed by atoms with Crippen LogP contribution in [0, 0.1) is 11.8 Å². The molecule has 1 saturated carbocycles. The van der Waals surface area contributed by atoms with Crippen LogP contribution in [-0.2, 0) is 4.79 Å². The lowest BCUT2D eigenvalue weighted by atomic mass is 9.87. The average molecular weight is 156 g/mol. The van der Waals surface area contributed by atoms with Crippen molar-refractivity contribution in [2.75, 3.05) is 0 Å². The highest BCUT2D eigenvalue weighted by atomic mass is 16.3. The van der Waals surface area contributed by atoms with E-state index in [4.69, 9.17) is 0 Å². The molecule has 0 aliphatic heterocycles. The summed E-state index contributed by atoms with van der Waals surface area (Å²) in [7, 11) is 0. The van der Waals surface area contributed by atoms with Crippen LogP contribution >= 0.6 is 0 Å². The normalized spacial score (nSPS) is 44.4. The van der Waals surface area contributed by atoms with Crippen molar-refractivity contribution in [2.24, 2.45) is 11.8 Å². The Bertz CT molecular complexity index is 172. The zero-order chi connectivity index (χ0) is 8.65. The Hall–Kier alpha value is -0.370. The summed E-state index contributed by atoms with van der Waals surface area (Å²) in [5.41, 5.74) is -0.615. The van der Waals surface area contributed by atoms with Crippen LogP contribution in [0.3, 0.4) is 0 Å². The first-order chi connectivity index (χ1) is 4.95. The number of rotatable bonds is 1. The fourth-order valence-corrected chi connectivity index (χ4v) is 1.91. The lowest BCUT2D eigenvalue weighted by Crippen LogP contribution is -2.31. The van der Waals surface area contributed by atoms with Crippen molar-refractivity contribution in [2.45, 2.75) is 39.2 Å². The van der Waals surface area contributed by atoms with Crippen LogP contribution in [0.25, 0.3) is 0 Å². The minimum Gasteiger partial charge on any atom is -0.390 e. The van der Waals surface area contributed by atoms with E-state index in [1.54, 1.807) is 6.92 Å². The standard InChI is InChI=1S/C9H16O2/c1-6-8(7(2)10)4-5-9(6,3)11/h6,8,11H,4-5H2,1-3H3/t6-,8+,9+/m0/s1. The van der Waals surface area contributed by atoms with E-state index in [-0.39, 0.29) is 17.6 Å². The number of carbonyl (C=O) groups is 1. The number of ketones is 1. The van der Waals surface area contributed by atoms with Crippen molar-refractivity contribution in [1.29, 1.82) is 0 Å². The van der Waals surface area contributed by atoms with Crippen LogP contribution in [0.1, 0.15) is 33.6 Å². The first-order valence-electron chi connectivity index (χ1n) is 4.18. The second-order valence-electron chi connectivity index (χ2n) is 3.90. The highest BCUT2D eigenvalue weighted by molar-refractivity contribution is 5.79. The van der Waals surface area contributed by atoms with Gasteiger partial charge in [-0.3, -0.25) is 4.79 Å². The van der Waals surface area contributed by atoms with Gasteiger partial charge in [0.05, 0.1) is 5.60 Å². The summed E-state index contributed by atoms with van der Waals surface area (Å²) in [6.07, 6.45) is 1.61. The van der Waals surface area contributed by atoms with Gasteiger partial charge in [0, 0.05) is 5.92 Å². The summed E-state index contributed by atoms with van der Waals surface area (Å²) in [5, 5.41) is 9.73. The van der Waals surface area contributed by atoms with E-state index in [0.29, 0.717) is 0 Å². The molecule has 0 saturated heterocycles. The van der Waals surface area contributed by atoms with Crippen LogP contribution in [-0.4, -0.2) is 16.5 Å². The smallest absolute Gasteiger partial charge is 0.133 e. The molecule has 11 heavy (non-hydrogen) atoms. The van der Waals surface area contributed by atoms with Crippen LogP contribution in [0.15, 0.2) is 0 Å². The highest BCUT2D eigenvalue weighted by Gasteiger charge is 2.42. The molecular weight excluding hydrogens is 140 g/mol. The van der Waals surface area contributed by atoms with Crippen molar-refractivity contribution in [3.8, 4) is 0 Å². The van der Waals surface area contributed by atoms with E-state index < -0.39 is 5.60 Å². The minimum atomic E-state index is -0.615. The summed E-state index contributed by atoms with van der Waals surface area (Å²) in [4.78, 5) is 11.0. The average Bonchev–Trinajstić information content (AvgIpc) is 2.09. The Morgan fingerprint density at radius 3 is 2.36 bits per heavy atom. The number of hydrogen-bond donors (Lipinski definition) is 1. The molecule has 64 valence electrons. The van der Waals surface area contributed by atoms with E-state index in [2.05, 4.69) is 0 Å². The van der Waals surface area contributed by atoms with E-state index in [1.807, 2.05) is 13.8 Å². The molecule has 0 amide bonds. The van der Waals surface area contributed by atoms with Gasteiger partial charge in [-0.25, -0.2) is 0 Å². The third kappa shape index (κ3) is 1.45. The van der Waals surface area contributed by atoms with Crippen LogP contribution in [0.4, 0.5) is 0 Å². The van der Waals surface area contributed by atoms with Crippen LogP contribution in [0.2, 0.25) is 0 Å². The summed E-state index contributed by atoms with van der Waals surface area (Å²) >= 11 is 0. The molecule has 2 nitrogen and oxygen atoms in total. The molecule has 3 atom stereocenters. The van der Waals surface area contributed by atoms with Gasteiger partial charge in [-0.15, -0.1) is 0 Å². The minimum absolute atomic E-state index is 0.0880.